The van der Waals surface area contributed by atoms with Gasteiger partial charge in [0.15, 0.2) is 11.6 Å². The lowest BCUT2D eigenvalue weighted by atomic mass is 9.86. The molecule has 0 spiro atoms. The van der Waals surface area contributed by atoms with Crippen LogP contribution in [0.1, 0.15) is 53.5 Å². The number of hydrogen-bond donors (Lipinski definition) is 2. The number of phenolic OH excluding ortho intramolecular Hbond substituents is 2. The number of carbonyl (C=O) groups excluding carboxylic acids is 2. The number of rotatable bonds is 4. The van der Waals surface area contributed by atoms with E-state index in [9.17, 15) is 19.8 Å². The highest BCUT2D eigenvalue weighted by Crippen LogP contribution is 2.28. The maximum Gasteiger partial charge on any atom is 0.174 e. The fourth-order valence-corrected chi connectivity index (χ4v) is 2.22. The highest BCUT2D eigenvalue weighted by molar-refractivity contribution is 6.14. The van der Waals surface area contributed by atoms with E-state index in [1.54, 1.807) is 18.2 Å². The Kier molecular flexibility index (Phi) is 4.55. The van der Waals surface area contributed by atoms with Gasteiger partial charge in [0, 0.05) is 5.56 Å². The van der Waals surface area contributed by atoms with Crippen LogP contribution < -0.4 is 0 Å². The van der Waals surface area contributed by atoms with E-state index in [0.717, 1.165) is 5.56 Å². The van der Waals surface area contributed by atoms with Gasteiger partial charge in [-0.1, -0.05) is 26.8 Å². The molecule has 0 unspecified atom stereocenters. The molecule has 0 aromatic heterocycles. The molecule has 0 fully saturated rings. The Hall–Kier alpha value is -2.62. The van der Waals surface area contributed by atoms with E-state index in [2.05, 4.69) is 0 Å². The lowest BCUT2D eigenvalue weighted by Gasteiger charge is -2.19. The summed E-state index contributed by atoms with van der Waals surface area (Å²) >= 11 is 0. The topological polar surface area (TPSA) is 74.6 Å². The average Bonchev–Trinajstić information content (AvgIpc) is 2.46. The molecule has 4 nitrogen and oxygen atoms in total. The SMILES string of the molecule is CC(C)(C)c1ccc(C(=O)CC(=O)c2ccc(O)cc2)c(O)c1. The van der Waals surface area contributed by atoms with Gasteiger partial charge < -0.3 is 10.2 Å². The van der Waals surface area contributed by atoms with Crippen LogP contribution in [0.3, 0.4) is 0 Å². The Morgan fingerprint density at radius 2 is 1.52 bits per heavy atom. The minimum atomic E-state index is -0.430. The summed E-state index contributed by atoms with van der Waals surface area (Å²) in [5.74, 6) is -0.834. The van der Waals surface area contributed by atoms with Crippen molar-refractivity contribution in [3.05, 3.63) is 59.2 Å². The van der Waals surface area contributed by atoms with Gasteiger partial charge in [0.1, 0.15) is 11.5 Å². The molecule has 2 aromatic carbocycles. The van der Waals surface area contributed by atoms with E-state index in [4.69, 9.17) is 0 Å². The zero-order valence-corrected chi connectivity index (χ0v) is 13.5. The molecule has 4 heteroatoms. The first kappa shape index (κ1) is 16.7. The van der Waals surface area contributed by atoms with Crippen LogP contribution in [0, 0.1) is 0 Å². The third kappa shape index (κ3) is 3.97. The molecule has 0 heterocycles. The molecule has 0 aliphatic carbocycles. The van der Waals surface area contributed by atoms with Crippen molar-refractivity contribution in [3.8, 4) is 11.5 Å². The normalized spacial score (nSPS) is 11.3. The van der Waals surface area contributed by atoms with E-state index in [1.807, 2.05) is 20.8 Å². The van der Waals surface area contributed by atoms with E-state index in [-0.39, 0.29) is 34.7 Å². The molecule has 23 heavy (non-hydrogen) atoms. The molecular formula is C19H20O4. The summed E-state index contributed by atoms with van der Waals surface area (Å²) in [6.07, 6.45) is -0.326. The maximum absolute atomic E-state index is 12.2. The third-order valence-electron chi connectivity index (χ3n) is 3.67. The Balaban J connectivity index is 2.18. The molecule has 0 aliphatic heterocycles. The van der Waals surface area contributed by atoms with Gasteiger partial charge in [0.25, 0.3) is 0 Å². The van der Waals surface area contributed by atoms with Crippen LogP contribution in [0.15, 0.2) is 42.5 Å². The van der Waals surface area contributed by atoms with Gasteiger partial charge in [-0.15, -0.1) is 0 Å². The number of aromatic hydroxyl groups is 2. The van der Waals surface area contributed by atoms with Gasteiger partial charge >= 0.3 is 0 Å². The Morgan fingerprint density at radius 1 is 0.913 bits per heavy atom. The predicted octanol–water partition coefficient (Wildman–Crippen LogP) is 3.85. The van der Waals surface area contributed by atoms with Crippen molar-refractivity contribution in [2.75, 3.05) is 0 Å². The van der Waals surface area contributed by atoms with Gasteiger partial charge in [-0.2, -0.15) is 0 Å². The zero-order valence-electron chi connectivity index (χ0n) is 13.5. The molecule has 2 N–H and O–H groups in total. The molecular weight excluding hydrogens is 292 g/mol. The quantitative estimate of drug-likeness (QED) is 0.664. The van der Waals surface area contributed by atoms with Crippen molar-refractivity contribution in [2.24, 2.45) is 0 Å². The van der Waals surface area contributed by atoms with E-state index >= 15 is 0 Å². The molecule has 0 radical (unpaired) electrons. The molecule has 0 saturated carbocycles. The van der Waals surface area contributed by atoms with Crippen LogP contribution in [-0.4, -0.2) is 21.8 Å². The first-order valence-corrected chi connectivity index (χ1v) is 7.37. The second kappa shape index (κ2) is 6.24. The fourth-order valence-electron chi connectivity index (χ4n) is 2.22. The average molecular weight is 312 g/mol. The lowest BCUT2D eigenvalue weighted by molar-refractivity contribution is 0.0893. The molecule has 0 atom stereocenters. The number of carbonyl (C=O) groups is 2. The first-order valence-electron chi connectivity index (χ1n) is 7.37. The second-order valence-corrected chi connectivity index (χ2v) is 6.55. The van der Waals surface area contributed by atoms with Gasteiger partial charge in [0.05, 0.1) is 12.0 Å². The largest absolute Gasteiger partial charge is 0.508 e. The van der Waals surface area contributed by atoms with Crippen LogP contribution in [0.4, 0.5) is 0 Å². The summed E-state index contributed by atoms with van der Waals surface area (Å²) in [6, 6.07) is 10.6. The first-order chi connectivity index (χ1) is 10.7. The summed E-state index contributed by atoms with van der Waals surface area (Å²) in [7, 11) is 0. The van der Waals surface area contributed by atoms with Gasteiger partial charge in [-0.25, -0.2) is 0 Å². The van der Waals surface area contributed by atoms with Gasteiger partial charge in [-0.05, 0) is 47.4 Å². The van der Waals surface area contributed by atoms with Crippen molar-refractivity contribution < 1.29 is 19.8 Å². The van der Waals surface area contributed by atoms with Crippen LogP contribution in [0.25, 0.3) is 0 Å². The van der Waals surface area contributed by atoms with Crippen molar-refractivity contribution in [2.45, 2.75) is 32.6 Å². The van der Waals surface area contributed by atoms with Crippen LogP contribution >= 0.6 is 0 Å². The van der Waals surface area contributed by atoms with Gasteiger partial charge in [0.2, 0.25) is 0 Å². The van der Waals surface area contributed by atoms with Gasteiger partial charge in [-0.3, -0.25) is 9.59 Å². The van der Waals surface area contributed by atoms with Crippen molar-refractivity contribution >= 4 is 11.6 Å². The van der Waals surface area contributed by atoms with Crippen molar-refractivity contribution in [1.82, 2.24) is 0 Å². The summed E-state index contributed by atoms with van der Waals surface area (Å²) in [5, 5.41) is 19.3. The summed E-state index contributed by atoms with van der Waals surface area (Å²) in [5.41, 5.74) is 1.27. The summed E-state index contributed by atoms with van der Waals surface area (Å²) in [4.78, 5) is 24.3. The second-order valence-electron chi connectivity index (χ2n) is 6.55. The number of phenols is 2. The lowest BCUT2D eigenvalue weighted by Crippen LogP contribution is -2.12. The molecule has 0 amide bonds. The zero-order chi connectivity index (χ0) is 17.2. The van der Waals surface area contributed by atoms with Crippen LogP contribution in [-0.2, 0) is 5.41 Å². The highest BCUT2D eigenvalue weighted by atomic mass is 16.3. The minimum Gasteiger partial charge on any atom is -0.508 e. The monoisotopic (exact) mass is 312 g/mol. The molecule has 2 aromatic rings. The Labute approximate surface area is 135 Å². The van der Waals surface area contributed by atoms with E-state index in [1.165, 1.54) is 24.3 Å². The third-order valence-corrected chi connectivity index (χ3v) is 3.67. The smallest absolute Gasteiger partial charge is 0.174 e. The van der Waals surface area contributed by atoms with Crippen molar-refractivity contribution in [3.63, 3.8) is 0 Å². The summed E-state index contributed by atoms with van der Waals surface area (Å²) in [6.45, 7) is 6.03. The number of benzene rings is 2. The molecule has 0 aliphatic rings. The number of ketones is 2. The maximum atomic E-state index is 12.2. The Morgan fingerprint density at radius 3 is 2.04 bits per heavy atom. The standard InChI is InChI=1S/C19H20O4/c1-19(2,3)13-6-9-15(17(22)10-13)18(23)11-16(21)12-4-7-14(20)8-5-12/h4-10,20,22H,11H2,1-3H3. The highest BCUT2D eigenvalue weighted by Gasteiger charge is 2.20. The molecule has 120 valence electrons. The molecule has 0 bridgehead atoms. The molecule has 2 rings (SSSR count). The fraction of sp³-hybridized carbons (Fsp3) is 0.263. The summed E-state index contributed by atoms with van der Waals surface area (Å²) < 4.78 is 0. The van der Waals surface area contributed by atoms with Crippen molar-refractivity contribution in [1.29, 1.82) is 0 Å². The van der Waals surface area contributed by atoms with E-state index < -0.39 is 5.78 Å². The van der Waals surface area contributed by atoms with Crippen LogP contribution in [0.5, 0.6) is 11.5 Å². The van der Waals surface area contributed by atoms with E-state index in [0.29, 0.717) is 5.56 Å². The molecule has 0 saturated heterocycles. The minimum absolute atomic E-state index is 0.0586. The Bertz CT molecular complexity index is 737. The van der Waals surface area contributed by atoms with Crippen LogP contribution in [0.2, 0.25) is 0 Å². The number of Topliss-reactive ketones (excluding diaryl/α,β-unsaturated/α-hetero) is 2. The number of hydrogen-bond acceptors (Lipinski definition) is 4. The predicted molar refractivity (Wildman–Crippen MR) is 88.2 cm³/mol.